The number of hydrogen-bond acceptors (Lipinski definition) is 6. The summed E-state index contributed by atoms with van der Waals surface area (Å²) in [5, 5.41) is 11.4. The van der Waals surface area contributed by atoms with E-state index >= 15 is 0 Å². The van der Waals surface area contributed by atoms with Crippen LogP contribution in [0.1, 0.15) is 5.69 Å². The highest BCUT2D eigenvalue weighted by molar-refractivity contribution is 14.0. The molecule has 0 aromatic carbocycles. The summed E-state index contributed by atoms with van der Waals surface area (Å²) >= 11 is 0. The third kappa shape index (κ3) is 5.16. The SMILES string of the molecule is CN=C(NCCn1cncn1)N1CCN(Cc2ccon2)CC1.I. The first kappa shape index (κ1) is 18.6. The van der Waals surface area contributed by atoms with Crippen molar-refractivity contribution in [1.82, 2.24) is 35.0 Å². The second-order valence-electron chi connectivity index (χ2n) is 5.39. The quantitative estimate of drug-likeness (QED) is 0.401. The lowest BCUT2D eigenvalue weighted by Gasteiger charge is -2.36. The van der Waals surface area contributed by atoms with Gasteiger partial charge in [0.05, 0.1) is 12.2 Å². The molecule has 10 heteroatoms. The average molecular weight is 446 g/mol. The number of guanidine groups is 1. The molecule has 1 aliphatic heterocycles. The van der Waals surface area contributed by atoms with Gasteiger partial charge in [-0.2, -0.15) is 5.10 Å². The largest absolute Gasteiger partial charge is 0.364 e. The van der Waals surface area contributed by atoms with Crippen molar-refractivity contribution in [2.75, 3.05) is 39.8 Å². The third-order valence-electron chi connectivity index (χ3n) is 3.85. The van der Waals surface area contributed by atoms with Crippen molar-refractivity contribution in [3.05, 3.63) is 30.7 Å². The molecule has 3 heterocycles. The summed E-state index contributed by atoms with van der Waals surface area (Å²) in [6.07, 6.45) is 4.88. The van der Waals surface area contributed by atoms with Crippen LogP contribution in [-0.2, 0) is 13.1 Å². The highest BCUT2D eigenvalue weighted by Crippen LogP contribution is 2.07. The zero-order chi connectivity index (χ0) is 15.9. The zero-order valence-electron chi connectivity index (χ0n) is 13.7. The van der Waals surface area contributed by atoms with Gasteiger partial charge in [0, 0.05) is 52.4 Å². The first-order valence-electron chi connectivity index (χ1n) is 7.75. The number of hydrogen-bond donors (Lipinski definition) is 1. The maximum Gasteiger partial charge on any atom is 0.193 e. The smallest absolute Gasteiger partial charge is 0.193 e. The summed E-state index contributed by atoms with van der Waals surface area (Å²) in [6.45, 7) is 6.23. The molecule has 0 amide bonds. The van der Waals surface area contributed by atoms with Gasteiger partial charge in [0.15, 0.2) is 5.96 Å². The molecular weight excluding hydrogens is 423 g/mol. The molecule has 3 rings (SSSR count). The lowest BCUT2D eigenvalue weighted by Crippen LogP contribution is -2.52. The first-order valence-corrected chi connectivity index (χ1v) is 7.75. The molecule has 0 aliphatic carbocycles. The van der Waals surface area contributed by atoms with E-state index in [1.54, 1.807) is 23.6 Å². The van der Waals surface area contributed by atoms with Crippen LogP contribution in [0.15, 0.2) is 34.5 Å². The van der Waals surface area contributed by atoms with Crippen molar-refractivity contribution in [3.63, 3.8) is 0 Å². The van der Waals surface area contributed by atoms with Gasteiger partial charge in [0.2, 0.25) is 0 Å². The molecule has 0 saturated carbocycles. The van der Waals surface area contributed by atoms with Crippen LogP contribution in [-0.4, -0.2) is 75.5 Å². The second-order valence-corrected chi connectivity index (χ2v) is 5.39. The number of piperazine rings is 1. The van der Waals surface area contributed by atoms with E-state index in [1.807, 2.05) is 13.1 Å². The van der Waals surface area contributed by atoms with Crippen molar-refractivity contribution in [1.29, 1.82) is 0 Å². The van der Waals surface area contributed by atoms with Crippen LogP contribution in [0.4, 0.5) is 0 Å². The predicted octanol–water partition coefficient (Wildman–Crippen LogP) is 0.277. The Morgan fingerprint density at radius 2 is 2.17 bits per heavy atom. The molecular formula is C14H23IN8O. The Morgan fingerprint density at radius 1 is 1.33 bits per heavy atom. The van der Waals surface area contributed by atoms with Crippen molar-refractivity contribution >= 4 is 29.9 Å². The fourth-order valence-corrected chi connectivity index (χ4v) is 2.63. The normalized spacial score (nSPS) is 16.0. The van der Waals surface area contributed by atoms with E-state index in [2.05, 4.69) is 35.3 Å². The lowest BCUT2D eigenvalue weighted by atomic mass is 10.3. The van der Waals surface area contributed by atoms with Gasteiger partial charge in [0.1, 0.15) is 18.9 Å². The van der Waals surface area contributed by atoms with Crippen LogP contribution in [0.2, 0.25) is 0 Å². The number of nitrogens with zero attached hydrogens (tertiary/aromatic N) is 7. The Kier molecular flexibility index (Phi) is 7.43. The monoisotopic (exact) mass is 446 g/mol. The summed E-state index contributed by atoms with van der Waals surface area (Å²) < 4.78 is 6.68. The molecule has 1 aliphatic rings. The van der Waals surface area contributed by atoms with Crippen LogP contribution in [0.3, 0.4) is 0 Å². The van der Waals surface area contributed by atoms with E-state index in [0.717, 1.165) is 57.5 Å². The Hall–Kier alpha value is -1.69. The molecule has 2 aromatic heterocycles. The van der Waals surface area contributed by atoms with Crippen LogP contribution < -0.4 is 5.32 Å². The topological polar surface area (TPSA) is 87.6 Å². The van der Waals surface area contributed by atoms with Gasteiger partial charge in [-0.05, 0) is 0 Å². The summed E-state index contributed by atoms with van der Waals surface area (Å²) in [5.74, 6) is 0.936. The third-order valence-corrected chi connectivity index (χ3v) is 3.85. The van der Waals surface area contributed by atoms with E-state index in [4.69, 9.17) is 4.52 Å². The Bertz CT molecular complexity index is 592. The molecule has 24 heavy (non-hydrogen) atoms. The molecule has 0 spiro atoms. The Morgan fingerprint density at radius 3 is 2.79 bits per heavy atom. The van der Waals surface area contributed by atoms with Crippen LogP contribution in [0.25, 0.3) is 0 Å². The lowest BCUT2D eigenvalue weighted by molar-refractivity contribution is 0.169. The number of rotatable bonds is 5. The van der Waals surface area contributed by atoms with E-state index in [9.17, 15) is 0 Å². The highest BCUT2D eigenvalue weighted by atomic mass is 127. The molecule has 1 fully saturated rings. The van der Waals surface area contributed by atoms with Crippen molar-refractivity contribution in [2.24, 2.45) is 4.99 Å². The second kappa shape index (κ2) is 9.57. The van der Waals surface area contributed by atoms with E-state index < -0.39 is 0 Å². The maximum absolute atomic E-state index is 4.88. The first-order chi connectivity index (χ1) is 11.3. The van der Waals surface area contributed by atoms with Crippen molar-refractivity contribution < 1.29 is 4.52 Å². The molecule has 0 atom stereocenters. The summed E-state index contributed by atoms with van der Waals surface area (Å²) in [6, 6.07) is 1.91. The van der Waals surface area contributed by atoms with Gasteiger partial charge in [-0.25, -0.2) is 4.98 Å². The van der Waals surface area contributed by atoms with Crippen LogP contribution in [0.5, 0.6) is 0 Å². The van der Waals surface area contributed by atoms with E-state index in [0.29, 0.717) is 0 Å². The van der Waals surface area contributed by atoms with Gasteiger partial charge in [-0.1, -0.05) is 5.16 Å². The Balaban J connectivity index is 0.00000208. The standard InChI is InChI=1S/C14H22N8O.HI/c1-15-14(17-3-4-22-12-16-11-18-22)21-7-5-20(6-8-21)10-13-2-9-23-19-13;/h2,9,11-12H,3-8,10H2,1H3,(H,15,17);1H. The maximum atomic E-state index is 4.88. The molecule has 1 saturated heterocycles. The highest BCUT2D eigenvalue weighted by Gasteiger charge is 2.20. The van der Waals surface area contributed by atoms with Gasteiger partial charge >= 0.3 is 0 Å². The minimum Gasteiger partial charge on any atom is -0.364 e. The van der Waals surface area contributed by atoms with Crippen LogP contribution >= 0.6 is 24.0 Å². The summed E-state index contributed by atoms with van der Waals surface area (Å²) in [7, 11) is 1.82. The fourth-order valence-electron chi connectivity index (χ4n) is 2.63. The minimum atomic E-state index is 0. The number of aliphatic imine (C=N–C) groups is 1. The summed E-state index contributed by atoms with van der Waals surface area (Å²) in [4.78, 5) is 13.0. The van der Waals surface area contributed by atoms with Crippen LogP contribution in [0, 0.1) is 0 Å². The molecule has 132 valence electrons. The number of aromatic nitrogens is 4. The molecule has 0 unspecified atom stereocenters. The van der Waals surface area contributed by atoms with Gasteiger partial charge in [0.25, 0.3) is 0 Å². The molecule has 9 nitrogen and oxygen atoms in total. The average Bonchev–Trinajstić information content (AvgIpc) is 3.26. The predicted molar refractivity (Wildman–Crippen MR) is 100 cm³/mol. The number of halogens is 1. The van der Waals surface area contributed by atoms with Gasteiger partial charge in [-0.3, -0.25) is 14.6 Å². The van der Waals surface area contributed by atoms with E-state index in [-0.39, 0.29) is 24.0 Å². The molecule has 2 aromatic rings. The fraction of sp³-hybridized carbons (Fsp3) is 0.571. The van der Waals surface area contributed by atoms with E-state index in [1.165, 1.54) is 0 Å². The number of nitrogens with one attached hydrogen (secondary N) is 1. The van der Waals surface area contributed by atoms with Crippen molar-refractivity contribution in [2.45, 2.75) is 13.1 Å². The molecule has 1 N–H and O–H groups in total. The van der Waals surface area contributed by atoms with Gasteiger partial charge in [-0.15, -0.1) is 24.0 Å². The van der Waals surface area contributed by atoms with Gasteiger partial charge < -0.3 is 14.7 Å². The minimum absolute atomic E-state index is 0. The molecule has 0 radical (unpaired) electrons. The molecule has 0 bridgehead atoms. The van der Waals surface area contributed by atoms with Crippen molar-refractivity contribution in [3.8, 4) is 0 Å². The Labute approximate surface area is 158 Å². The summed E-state index contributed by atoms with van der Waals surface area (Å²) in [5.41, 5.74) is 0.980. The zero-order valence-corrected chi connectivity index (χ0v) is 16.0.